The molecule has 11 heteroatoms. The summed E-state index contributed by atoms with van der Waals surface area (Å²) in [6.07, 6.45) is -2.61. The van der Waals surface area contributed by atoms with Gasteiger partial charge in [0.05, 0.1) is 10.9 Å². The Morgan fingerprint density at radius 2 is 1.79 bits per heavy atom. The number of benzene rings is 1. The van der Waals surface area contributed by atoms with Crippen LogP contribution in [0.1, 0.15) is 42.6 Å². The summed E-state index contributed by atoms with van der Waals surface area (Å²) in [7, 11) is 0. The molecular formula is C27H33F3N6OS. The molecule has 38 heavy (non-hydrogen) atoms. The molecule has 0 unspecified atom stereocenters. The Morgan fingerprint density at radius 3 is 2.42 bits per heavy atom. The molecule has 3 aromatic rings. The SMILES string of the molecule is CCN1CCc2c(sc3nc(CC(C)C)nc(N4CCN(C(=O)Nc5ccc(C(F)(F)F)cc5)CC4)c23)C1. The highest BCUT2D eigenvalue weighted by atomic mass is 32.1. The van der Waals surface area contributed by atoms with Crippen LogP contribution in [0.2, 0.25) is 0 Å². The van der Waals surface area contributed by atoms with Crippen LogP contribution in [0.5, 0.6) is 0 Å². The number of likely N-dealkylation sites (N-methyl/N-ethyl adjacent to an activating group) is 1. The summed E-state index contributed by atoms with van der Waals surface area (Å²) in [5.41, 5.74) is 0.964. The zero-order valence-corrected chi connectivity index (χ0v) is 22.8. The Hall–Kier alpha value is -2.92. The minimum absolute atomic E-state index is 0.315. The van der Waals surface area contributed by atoms with Gasteiger partial charge in [-0.2, -0.15) is 13.2 Å². The molecule has 5 rings (SSSR count). The van der Waals surface area contributed by atoms with Gasteiger partial charge in [0.1, 0.15) is 16.5 Å². The number of fused-ring (bicyclic) bond motifs is 3. The molecule has 0 bridgehead atoms. The number of nitrogens with one attached hydrogen (secondary N) is 1. The first kappa shape index (κ1) is 26.7. The van der Waals surface area contributed by atoms with Gasteiger partial charge in [-0.05, 0) is 48.7 Å². The first-order valence-corrected chi connectivity index (χ1v) is 14.0. The van der Waals surface area contributed by atoms with E-state index in [1.165, 1.54) is 22.6 Å². The molecule has 0 spiro atoms. The summed E-state index contributed by atoms with van der Waals surface area (Å²) in [6.45, 7) is 11.8. The van der Waals surface area contributed by atoms with Crippen LogP contribution >= 0.6 is 11.3 Å². The Kier molecular flexibility index (Phi) is 7.50. The number of thiophene rings is 1. The number of hydrogen-bond acceptors (Lipinski definition) is 6. The van der Waals surface area contributed by atoms with E-state index in [-0.39, 0.29) is 6.03 Å². The first-order valence-electron chi connectivity index (χ1n) is 13.1. The molecule has 1 aromatic carbocycles. The second kappa shape index (κ2) is 10.7. The standard InChI is InChI=1S/C27H33F3N6OS/c1-4-34-10-9-20-21(16-34)38-25-23(20)24(32-22(33-25)15-17(2)3)35-11-13-36(14-12-35)26(37)31-19-7-5-18(6-8-19)27(28,29)30/h5-8,17H,4,9-16H2,1-3H3,(H,31,37). The van der Waals surface area contributed by atoms with E-state index in [1.54, 1.807) is 16.2 Å². The molecule has 1 N–H and O–H groups in total. The molecule has 1 saturated heterocycles. The number of aromatic nitrogens is 2. The van der Waals surface area contributed by atoms with Crippen molar-refractivity contribution in [2.24, 2.45) is 5.92 Å². The second-order valence-corrected chi connectivity index (χ2v) is 11.4. The zero-order chi connectivity index (χ0) is 27.0. The van der Waals surface area contributed by atoms with Gasteiger partial charge in [0, 0.05) is 56.3 Å². The molecular weight excluding hydrogens is 513 g/mol. The van der Waals surface area contributed by atoms with Crippen molar-refractivity contribution in [2.75, 3.05) is 49.5 Å². The van der Waals surface area contributed by atoms with Gasteiger partial charge in [0.2, 0.25) is 0 Å². The van der Waals surface area contributed by atoms with Crippen LogP contribution in [0, 0.1) is 5.92 Å². The third kappa shape index (κ3) is 5.58. The van der Waals surface area contributed by atoms with Crippen molar-refractivity contribution in [2.45, 2.75) is 46.3 Å². The minimum Gasteiger partial charge on any atom is -0.352 e. The van der Waals surface area contributed by atoms with Gasteiger partial charge >= 0.3 is 12.2 Å². The normalized spacial score (nSPS) is 16.8. The zero-order valence-electron chi connectivity index (χ0n) is 21.9. The number of carbonyl (C=O) groups is 1. The van der Waals surface area contributed by atoms with E-state index in [4.69, 9.17) is 9.97 Å². The number of amides is 2. The lowest BCUT2D eigenvalue weighted by atomic mass is 10.0. The van der Waals surface area contributed by atoms with Gasteiger partial charge in [0.25, 0.3) is 0 Å². The van der Waals surface area contributed by atoms with E-state index < -0.39 is 11.7 Å². The Morgan fingerprint density at radius 1 is 1.08 bits per heavy atom. The van der Waals surface area contributed by atoms with Crippen molar-refractivity contribution in [3.05, 3.63) is 46.1 Å². The van der Waals surface area contributed by atoms with Crippen LogP contribution in [-0.2, 0) is 25.6 Å². The van der Waals surface area contributed by atoms with E-state index >= 15 is 0 Å². The number of alkyl halides is 3. The average molecular weight is 547 g/mol. The summed E-state index contributed by atoms with van der Waals surface area (Å²) in [6, 6.07) is 4.20. The molecule has 2 amide bonds. The third-order valence-electron chi connectivity index (χ3n) is 7.17. The number of piperazine rings is 1. The second-order valence-electron chi connectivity index (χ2n) is 10.3. The van der Waals surface area contributed by atoms with Crippen LogP contribution in [0.4, 0.5) is 29.5 Å². The number of anilines is 2. The van der Waals surface area contributed by atoms with Crippen molar-refractivity contribution >= 4 is 39.1 Å². The van der Waals surface area contributed by atoms with Crippen molar-refractivity contribution in [3.8, 4) is 0 Å². The molecule has 0 atom stereocenters. The number of rotatable bonds is 5. The van der Waals surface area contributed by atoms with E-state index in [0.717, 1.165) is 66.5 Å². The summed E-state index contributed by atoms with van der Waals surface area (Å²) < 4.78 is 38.5. The highest BCUT2D eigenvalue weighted by molar-refractivity contribution is 7.19. The highest BCUT2D eigenvalue weighted by Crippen LogP contribution is 2.39. The quantitative estimate of drug-likeness (QED) is 0.449. The van der Waals surface area contributed by atoms with Crippen LogP contribution in [0.15, 0.2) is 24.3 Å². The van der Waals surface area contributed by atoms with Gasteiger partial charge in [-0.15, -0.1) is 11.3 Å². The number of halogens is 3. The molecule has 0 aliphatic carbocycles. The van der Waals surface area contributed by atoms with E-state index in [1.807, 2.05) is 0 Å². The Balaban J connectivity index is 1.33. The Bertz CT molecular complexity index is 1300. The van der Waals surface area contributed by atoms with E-state index in [9.17, 15) is 18.0 Å². The van der Waals surface area contributed by atoms with Gasteiger partial charge in [-0.1, -0.05) is 20.8 Å². The lowest BCUT2D eigenvalue weighted by Gasteiger charge is -2.36. The summed E-state index contributed by atoms with van der Waals surface area (Å²) in [4.78, 5) is 31.7. The fourth-order valence-corrected chi connectivity index (χ4v) is 6.37. The van der Waals surface area contributed by atoms with Crippen LogP contribution in [-0.4, -0.2) is 65.1 Å². The van der Waals surface area contributed by atoms with Gasteiger partial charge in [-0.3, -0.25) is 4.90 Å². The average Bonchev–Trinajstić information content (AvgIpc) is 3.25. The van der Waals surface area contributed by atoms with Crippen molar-refractivity contribution in [1.29, 1.82) is 0 Å². The van der Waals surface area contributed by atoms with E-state index in [2.05, 4.69) is 35.9 Å². The predicted octanol–water partition coefficient (Wildman–Crippen LogP) is 5.64. The lowest BCUT2D eigenvalue weighted by molar-refractivity contribution is -0.137. The monoisotopic (exact) mass is 546 g/mol. The molecule has 0 radical (unpaired) electrons. The summed E-state index contributed by atoms with van der Waals surface area (Å²) in [5, 5.41) is 3.89. The largest absolute Gasteiger partial charge is 0.416 e. The third-order valence-corrected chi connectivity index (χ3v) is 8.29. The number of carbonyl (C=O) groups excluding carboxylic acids is 1. The molecule has 204 valence electrons. The maximum Gasteiger partial charge on any atom is 0.416 e. The molecule has 1 fully saturated rings. The van der Waals surface area contributed by atoms with Crippen molar-refractivity contribution in [1.82, 2.24) is 19.8 Å². The summed E-state index contributed by atoms with van der Waals surface area (Å²) in [5.74, 6) is 2.27. The van der Waals surface area contributed by atoms with Crippen LogP contribution in [0.25, 0.3) is 10.2 Å². The molecule has 4 heterocycles. The van der Waals surface area contributed by atoms with Gasteiger partial charge in [0.15, 0.2) is 0 Å². The van der Waals surface area contributed by atoms with Gasteiger partial charge < -0.3 is 15.1 Å². The van der Waals surface area contributed by atoms with Crippen molar-refractivity contribution < 1.29 is 18.0 Å². The minimum atomic E-state index is -4.41. The van der Waals surface area contributed by atoms with Crippen molar-refractivity contribution in [3.63, 3.8) is 0 Å². The van der Waals surface area contributed by atoms with Gasteiger partial charge in [-0.25, -0.2) is 14.8 Å². The number of nitrogens with zero attached hydrogens (tertiary/aromatic N) is 5. The fourth-order valence-electron chi connectivity index (χ4n) is 5.09. The summed E-state index contributed by atoms with van der Waals surface area (Å²) >= 11 is 1.78. The molecule has 0 saturated carbocycles. The number of urea groups is 1. The Labute approximate surface area is 224 Å². The maximum absolute atomic E-state index is 12.8. The fraction of sp³-hybridized carbons (Fsp3) is 0.519. The molecule has 7 nitrogen and oxygen atoms in total. The lowest BCUT2D eigenvalue weighted by Crippen LogP contribution is -2.50. The number of hydrogen-bond donors (Lipinski definition) is 1. The topological polar surface area (TPSA) is 64.6 Å². The predicted molar refractivity (Wildman–Crippen MR) is 145 cm³/mol. The molecule has 2 aliphatic heterocycles. The molecule has 2 aliphatic rings. The smallest absolute Gasteiger partial charge is 0.352 e. The maximum atomic E-state index is 12.8. The van der Waals surface area contributed by atoms with Crippen LogP contribution < -0.4 is 10.2 Å². The highest BCUT2D eigenvalue weighted by Gasteiger charge is 2.31. The molecule has 2 aromatic heterocycles. The first-order chi connectivity index (χ1) is 18.1. The van der Waals surface area contributed by atoms with Crippen LogP contribution in [0.3, 0.4) is 0 Å². The van der Waals surface area contributed by atoms with E-state index in [0.29, 0.717) is 37.8 Å².